The third-order valence-electron chi connectivity index (χ3n) is 3.07. The van der Waals surface area contributed by atoms with Gasteiger partial charge in [0.05, 0.1) is 10.4 Å². The Kier molecular flexibility index (Phi) is 5.55. The molecule has 1 aromatic carbocycles. The third-order valence-corrected chi connectivity index (χ3v) is 4.36. The number of hydrogen-bond donors (Lipinski definition) is 0. The monoisotopic (exact) mass is 440 g/mol. The van der Waals surface area contributed by atoms with Crippen LogP contribution in [0.5, 0.6) is 0 Å². The van der Waals surface area contributed by atoms with E-state index in [2.05, 4.69) is 20.7 Å². The molecule has 0 aromatic heterocycles. The van der Waals surface area contributed by atoms with Crippen LogP contribution in [0.2, 0.25) is 10.0 Å². The third kappa shape index (κ3) is 3.93. The van der Waals surface area contributed by atoms with Crippen LogP contribution in [0.15, 0.2) is 18.2 Å². The fourth-order valence-corrected chi connectivity index (χ4v) is 3.24. The van der Waals surface area contributed by atoms with Gasteiger partial charge in [-0.3, -0.25) is 4.74 Å². The summed E-state index contributed by atoms with van der Waals surface area (Å²) in [7, 11) is 0. The smallest absolute Gasteiger partial charge is 0.339 e. The summed E-state index contributed by atoms with van der Waals surface area (Å²) in [4.78, 5) is 0. The van der Waals surface area contributed by atoms with Gasteiger partial charge in [0.15, 0.2) is 5.79 Å². The number of benzene rings is 1. The zero-order valence-corrected chi connectivity index (χ0v) is 14.7. The predicted octanol–water partition coefficient (Wildman–Crippen LogP) is 5.18. The summed E-state index contributed by atoms with van der Waals surface area (Å²) in [6.07, 6.45) is -8.68. The summed E-state index contributed by atoms with van der Waals surface area (Å²) < 4.78 is 66.0. The van der Waals surface area contributed by atoms with Gasteiger partial charge in [-0.1, -0.05) is 45.2 Å². The van der Waals surface area contributed by atoms with Crippen molar-refractivity contribution in [3.05, 3.63) is 33.8 Å². The number of rotatable bonds is 5. The number of ether oxygens (including phenoxy) is 3. The highest BCUT2D eigenvalue weighted by Gasteiger charge is 2.56. The summed E-state index contributed by atoms with van der Waals surface area (Å²) in [6.45, 7) is 0.581. The minimum absolute atomic E-state index is 0.000548. The van der Waals surface area contributed by atoms with Gasteiger partial charge in [0.1, 0.15) is 6.61 Å². The fourth-order valence-electron chi connectivity index (χ4n) is 2.11. The van der Waals surface area contributed by atoms with Crippen molar-refractivity contribution in [3.8, 4) is 0 Å². The molecule has 3 nitrogen and oxygen atoms in total. The Morgan fingerprint density at radius 3 is 2.57 bits per heavy atom. The minimum Gasteiger partial charge on any atom is -0.339 e. The molecule has 1 aliphatic heterocycles. The molecule has 0 amide bonds. The Bertz CT molecular complexity index is 592. The van der Waals surface area contributed by atoms with Crippen LogP contribution in [-0.4, -0.2) is 30.3 Å². The molecule has 0 radical (unpaired) electrons. The number of alkyl halides is 5. The molecule has 1 aliphatic rings. The molecule has 2 atom stereocenters. The Labute approximate surface area is 147 Å². The molecule has 2 rings (SSSR count). The maximum Gasteiger partial charge on any atom is 0.418 e. The van der Waals surface area contributed by atoms with E-state index in [0.29, 0.717) is 10.6 Å². The lowest BCUT2D eigenvalue weighted by Gasteiger charge is -2.32. The molecule has 1 saturated heterocycles. The minimum atomic E-state index is -4.68. The van der Waals surface area contributed by atoms with Crippen LogP contribution in [0.25, 0.3) is 0 Å². The van der Waals surface area contributed by atoms with E-state index in [1.807, 2.05) is 0 Å². The summed E-state index contributed by atoms with van der Waals surface area (Å²) in [5.74, 6) is -3.66. The van der Waals surface area contributed by atoms with E-state index in [-0.39, 0.29) is 10.4 Å². The van der Waals surface area contributed by atoms with E-state index in [1.54, 1.807) is 0 Å². The van der Waals surface area contributed by atoms with E-state index in [0.717, 1.165) is 6.92 Å². The molecular formula is C13H11BrCl2F4O3. The number of hydrogen-bond acceptors (Lipinski definition) is 3. The van der Waals surface area contributed by atoms with Crippen molar-refractivity contribution in [2.24, 2.45) is 0 Å². The van der Waals surface area contributed by atoms with Gasteiger partial charge in [-0.2, -0.15) is 8.78 Å². The normalized spacial score (nSPS) is 28.6. The zero-order valence-electron chi connectivity index (χ0n) is 11.6. The Morgan fingerprint density at radius 2 is 2.04 bits per heavy atom. The first-order valence-corrected chi connectivity index (χ1v) is 8.13. The highest BCUT2D eigenvalue weighted by molar-refractivity contribution is 9.09. The van der Waals surface area contributed by atoms with Crippen LogP contribution in [0, 0.1) is 0 Å². The predicted molar refractivity (Wildman–Crippen MR) is 79.4 cm³/mol. The lowest BCUT2D eigenvalue weighted by molar-refractivity contribution is -0.391. The first-order chi connectivity index (χ1) is 10.5. The van der Waals surface area contributed by atoms with Crippen molar-refractivity contribution in [1.82, 2.24) is 0 Å². The molecular weight excluding hydrogens is 431 g/mol. The molecule has 130 valence electrons. The van der Waals surface area contributed by atoms with Gasteiger partial charge in [-0.15, -0.1) is 0 Å². The largest absolute Gasteiger partial charge is 0.418 e. The molecule has 2 unspecified atom stereocenters. The molecule has 1 aromatic rings. The first kappa shape index (κ1) is 19.2. The van der Waals surface area contributed by atoms with Crippen molar-refractivity contribution in [1.29, 1.82) is 0 Å². The van der Waals surface area contributed by atoms with Gasteiger partial charge >= 0.3 is 12.5 Å². The zero-order chi connectivity index (χ0) is 17.5. The van der Waals surface area contributed by atoms with E-state index >= 15 is 0 Å². The molecule has 0 N–H and O–H groups in total. The highest BCUT2D eigenvalue weighted by Crippen LogP contribution is 2.46. The Balaban J connectivity index is 2.30. The van der Waals surface area contributed by atoms with Crippen LogP contribution >= 0.6 is 39.1 Å². The lowest BCUT2D eigenvalue weighted by Crippen LogP contribution is -2.44. The van der Waals surface area contributed by atoms with Gasteiger partial charge in [0, 0.05) is 10.6 Å². The maximum absolute atomic E-state index is 13.2. The van der Waals surface area contributed by atoms with Crippen LogP contribution in [0.4, 0.5) is 17.6 Å². The van der Waals surface area contributed by atoms with Crippen molar-refractivity contribution < 1.29 is 31.8 Å². The molecule has 1 fully saturated rings. The SMILES string of the molecule is CC1(OC(F)(F)C(F)F)COC(CBr)(c2ccc(Cl)cc2Cl)O1. The van der Waals surface area contributed by atoms with Crippen LogP contribution in [0.1, 0.15) is 12.5 Å². The molecule has 23 heavy (non-hydrogen) atoms. The van der Waals surface area contributed by atoms with Crippen LogP contribution in [-0.2, 0) is 20.0 Å². The van der Waals surface area contributed by atoms with Gasteiger partial charge < -0.3 is 9.47 Å². The van der Waals surface area contributed by atoms with Gasteiger partial charge in [0.2, 0.25) is 5.79 Å². The topological polar surface area (TPSA) is 27.7 Å². The van der Waals surface area contributed by atoms with Crippen molar-refractivity contribution in [3.63, 3.8) is 0 Å². The number of halogens is 7. The molecule has 0 bridgehead atoms. The standard InChI is InChI=1S/C13H11BrCl2F4O3/c1-11(23-13(19,20)10(17)18)6-21-12(5-14,22-11)8-3-2-7(15)4-9(8)16/h2-4,10H,5-6H2,1H3. The van der Waals surface area contributed by atoms with E-state index in [1.165, 1.54) is 18.2 Å². The average Bonchev–Trinajstić information content (AvgIpc) is 2.76. The Morgan fingerprint density at radius 1 is 1.39 bits per heavy atom. The van der Waals surface area contributed by atoms with Crippen molar-refractivity contribution >= 4 is 39.1 Å². The van der Waals surface area contributed by atoms with Crippen LogP contribution in [0.3, 0.4) is 0 Å². The maximum atomic E-state index is 13.2. The van der Waals surface area contributed by atoms with E-state index < -0.39 is 30.7 Å². The second kappa shape index (κ2) is 6.65. The highest BCUT2D eigenvalue weighted by atomic mass is 79.9. The molecule has 0 saturated carbocycles. The second-order valence-corrected chi connectivity index (χ2v) is 6.40. The fraction of sp³-hybridized carbons (Fsp3) is 0.538. The summed E-state index contributed by atoms with van der Waals surface area (Å²) in [5, 5.41) is 0.520. The van der Waals surface area contributed by atoms with Crippen molar-refractivity contribution in [2.45, 2.75) is 31.0 Å². The van der Waals surface area contributed by atoms with Crippen LogP contribution < -0.4 is 0 Å². The van der Waals surface area contributed by atoms with E-state index in [9.17, 15) is 17.6 Å². The average molecular weight is 442 g/mol. The lowest BCUT2D eigenvalue weighted by atomic mass is 10.1. The summed E-state index contributed by atoms with van der Waals surface area (Å²) >= 11 is 15.0. The quantitative estimate of drug-likeness (QED) is 0.465. The Hall–Kier alpha value is -0.120. The summed E-state index contributed by atoms with van der Waals surface area (Å²) in [5.41, 5.74) is 0.299. The molecule has 10 heteroatoms. The summed E-state index contributed by atoms with van der Waals surface area (Å²) in [6, 6.07) is 4.41. The molecule has 1 heterocycles. The van der Waals surface area contributed by atoms with Gasteiger partial charge in [0.25, 0.3) is 0 Å². The molecule has 0 aliphatic carbocycles. The van der Waals surface area contributed by atoms with Crippen molar-refractivity contribution in [2.75, 3.05) is 11.9 Å². The van der Waals surface area contributed by atoms with E-state index in [4.69, 9.17) is 32.7 Å². The molecule has 0 spiro atoms. The van der Waals surface area contributed by atoms with Gasteiger partial charge in [-0.25, -0.2) is 8.78 Å². The van der Waals surface area contributed by atoms with Gasteiger partial charge in [-0.05, 0) is 19.1 Å². The second-order valence-electron chi connectivity index (χ2n) is 5.00. The first-order valence-electron chi connectivity index (χ1n) is 6.25.